The summed E-state index contributed by atoms with van der Waals surface area (Å²) >= 11 is 1.76. The van der Waals surface area contributed by atoms with Gasteiger partial charge in [-0.05, 0) is 16.7 Å². The molecule has 35 heavy (non-hydrogen) atoms. The van der Waals surface area contributed by atoms with Crippen LogP contribution in [0.25, 0.3) is 0 Å². The van der Waals surface area contributed by atoms with E-state index < -0.39 is 5.92 Å². The number of anilines is 1. The van der Waals surface area contributed by atoms with Crippen LogP contribution in [0.3, 0.4) is 0 Å². The van der Waals surface area contributed by atoms with Crippen LogP contribution in [0.5, 0.6) is 0 Å². The molecular weight excluding hydrogens is 456 g/mol. The molecule has 0 saturated carbocycles. The normalized spacial score (nSPS) is 12.4. The van der Waals surface area contributed by atoms with Gasteiger partial charge in [-0.3, -0.25) is 9.59 Å². The molecule has 3 aromatic carbocycles. The maximum Gasteiger partial charge on any atom is 0.242 e. The monoisotopic (exact) mass is 482 g/mol. The number of benzene rings is 3. The second-order valence-electron chi connectivity index (χ2n) is 8.43. The predicted octanol–water partition coefficient (Wildman–Crippen LogP) is 4.72. The molecule has 4 aromatic rings. The number of carbonyl (C=O) groups is 2. The summed E-state index contributed by atoms with van der Waals surface area (Å²) in [7, 11) is 0. The van der Waals surface area contributed by atoms with E-state index in [1.165, 1.54) is 0 Å². The van der Waals surface area contributed by atoms with Gasteiger partial charge in [0, 0.05) is 23.6 Å². The maximum atomic E-state index is 13.7. The first-order valence-corrected chi connectivity index (χ1v) is 12.7. The Morgan fingerprint density at radius 1 is 0.857 bits per heavy atom. The van der Waals surface area contributed by atoms with E-state index in [-0.39, 0.29) is 18.4 Å². The Bertz CT molecular complexity index is 1270. The Kier molecular flexibility index (Phi) is 6.95. The summed E-state index contributed by atoms with van der Waals surface area (Å²) in [5.74, 6) is 1.38. The van der Waals surface area contributed by atoms with Crippen molar-refractivity contribution in [2.24, 2.45) is 0 Å². The third kappa shape index (κ3) is 5.30. The minimum Gasteiger partial charge on any atom is -0.350 e. The van der Waals surface area contributed by atoms with Crippen LogP contribution in [0.1, 0.15) is 33.9 Å². The molecule has 7 heteroatoms. The molecule has 0 radical (unpaired) electrons. The smallest absolute Gasteiger partial charge is 0.242 e. The Morgan fingerprint density at radius 3 is 2.09 bits per heavy atom. The van der Waals surface area contributed by atoms with E-state index >= 15 is 0 Å². The number of hydrogen-bond donors (Lipinski definition) is 2. The van der Waals surface area contributed by atoms with Crippen molar-refractivity contribution in [2.45, 2.75) is 30.5 Å². The van der Waals surface area contributed by atoms with E-state index in [2.05, 4.69) is 15.7 Å². The van der Waals surface area contributed by atoms with Crippen molar-refractivity contribution in [1.82, 2.24) is 15.1 Å². The summed E-state index contributed by atoms with van der Waals surface area (Å²) in [6.07, 6.45) is 0. The maximum absolute atomic E-state index is 13.7. The summed E-state index contributed by atoms with van der Waals surface area (Å²) in [4.78, 5) is 26.4. The molecule has 2 heterocycles. The van der Waals surface area contributed by atoms with Crippen molar-refractivity contribution in [1.29, 1.82) is 0 Å². The number of nitrogens with zero attached hydrogens (tertiary/aromatic N) is 2. The third-order valence-corrected chi connectivity index (χ3v) is 6.98. The molecule has 0 spiro atoms. The van der Waals surface area contributed by atoms with Gasteiger partial charge in [0.05, 0.1) is 11.6 Å². The summed E-state index contributed by atoms with van der Waals surface area (Å²) in [6.45, 7) is 0.490. The van der Waals surface area contributed by atoms with E-state index in [0.29, 0.717) is 12.4 Å². The Labute approximate surface area is 208 Å². The van der Waals surface area contributed by atoms with Crippen LogP contribution in [0.2, 0.25) is 0 Å². The molecule has 0 aliphatic carbocycles. The summed E-state index contributed by atoms with van der Waals surface area (Å²) in [5.41, 5.74) is 4.78. The highest BCUT2D eigenvalue weighted by Crippen LogP contribution is 2.36. The average Bonchev–Trinajstić information content (AvgIpc) is 3.47. The second kappa shape index (κ2) is 10.6. The lowest BCUT2D eigenvalue weighted by atomic mass is 9.90. The van der Waals surface area contributed by atoms with E-state index in [1.807, 2.05) is 91.0 Å². The molecule has 1 aliphatic heterocycles. The number of nitrogens with one attached hydrogen (secondary N) is 2. The minimum atomic E-state index is -0.475. The van der Waals surface area contributed by atoms with Gasteiger partial charge in [0.25, 0.3) is 0 Å². The van der Waals surface area contributed by atoms with E-state index in [4.69, 9.17) is 0 Å². The van der Waals surface area contributed by atoms with Gasteiger partial charge in [-0.25, -0.2) is 4.68 Å². The number of amides is 2. The molecule has 0 unspecified atom stereocenters. The summed E-state index contributed by atoms with van der Waals surface area (Å²) in [5, 5.41) is 10.7. The largest absolute Gasteiger partial charge is 0.350 e. The third-order valence-electron chi connectivity index (χ3n) is 6.01. The first kappa shape index (κ1) is 22.9. The Morgan fingerprint density at radius 2 is 1.46 bits per heavy atom. The highest BCUT2D eigenvalue weighted by atomic mass is 32.2. The molecule has 0 fully saturated rings. The predicted molar refractivity (Wildman–Crippen MR) is 139 cm³/mol. The van der Waals surface area contributed by atoms with Gasteiger partial charge in [0.15, 0.2) is 0 Å². The lowest BCUT2D eigenvalue weighted by Gasteiger charge is -2.19. The lowest BCUT2D eigenvalue weighted by Crippen LogP contribution is -2.29. The molecule has 2 N–H and O–H groups in total. The number of thioether (sulfide) groups is 1. The molecule has 0 bridgehead atoms. The van der Waals surface area contributed by atoms with Crippen molar-refractivity contribution in [3.05, 3.63) is 119 Å². The van der Waals surface area contributed by atoms with Crippen molar-refractivity contribution < 1.29 is 9.59 Å². The fourth-order valence-corrected chi connectivity index (χ4v) is 5.32. The van der Waals surface area contributed by atoms with Gasteiger partial charge >= 0.3 is 0 Å². The minimum absolute atomic E-state index is 0.0431. The van der Waals surface area contributed by atoms with E-state index in [1.54, 1.807) is 16.4 Å². The summed E-state index contributed by atoms with van der Waals surface area (Å²) < 4.78 is 1.63. The van der Waals surface area contributed by atoms with E-state index in [0.717, 1.165) is 39.5 Å². The fourth-order valence-electron chi connectivity index (χ4n) is 4.28. The lowest BCUT2D eigenvalue weighted by molar-refractivity contribution is -0.122. The van der Waals surface area contributed by atoms with Crippen LogP contribution in [-0.4, -0.2) is 21.6 Å². The first-order valence-electron chi connectivity index (χ1n) is 11.6. The molecule has 0 saturated heterocycles. The molecule has 2 amide bonds. The Balaban J connectivity index is 1.38. The van der Waals surface area contributed by atoms with Gasteiger partial charge in [-0.1, -0.05) is 91.0 Å². The highest BCUT2D eigenvalue weighted by Gasteiger charge is 2.28. The zero-order chi connectivity index (χ0) is 24.0. The number of aromatic nitrogens is 2. The Hall–Kier alpha value is -3.84. The zero-order valence-electron chi connectivity index (χ0n) is 19.2. The van der Waals surface area contributed by atoms with Gasteiger partial charge in [0.1, 0.15) is 12.4 Å². The highest BCUT2D eigenvalue weighted by molar-refractivity contribution is 7.98. The van der Waals surface area contributed by atoms with Gasteiger partial charge < -0.3 is 10.6 Å². The number of hydrogen-bond acceptors (Lipinski definition) is 4. The molecule has 1 aromatic heterocycles. The molecule has 6 nitrogen and oxygen atoms in total. The summed E-state index contributed by atoms with van der Waals surface area (Å²) in [6, 6.07) is 29.3. The van der Waals surface area contributed by atoms with Crippen LogP contribution in [0.15, 0.2) is 91.0 Å². The van der Waals surface area contributed by atoms with Crippen LogP contribution in [0, 0.1) is 0 Å². The van der Waals surface area contributed by atoms with Crippen molar-refractivity contribution >= 4 is 29.4 Å². The molecule has 5 rings (SSSR count). The molecule has 176 valence electrons. The van der Waals surface area contributed by atoms with Crippen LogP contribution in [-0.2, 0) is 34.2 Å². The molecule has 0 atom stereocenters. The van der Waals surface area contributed by atoms with Crippen LogP contribution >= 0.6 is 11.8 Å². The zero-order valence-corrected chi connectivity index (χ0v) is 20.0. The van der Waals surface area contributed by atoms with Gasteiger partial charge in [0.2, 0.25) is 11.8 Å². The van der Waals surface area contributed by atoms with Crippen molar-refractivity contribution in [3.8, 4) is 0 Å². The second-order valence-corrected chi connectivity index (χ2v) is 9.42. The quantitative estimate of drug-likeness (QED) is 0.381. The molecular formula is C28H26N4O2S. The SMILES string of the molecule is O=C(Cn1nc2c(c1NC(=O)C(c1ccccc1)c1ccccc1)CSC2)NCc1ccccc1. The van der Waals surface area contributed by atoms with Crippen LogP contribution < -0.4 is 10.6 Å². The average molecular weight is 483 g/mol. The first-order chi connectivity index (χ1) is 17.2. The van der Waals surface area contributed by atoms with Gasteiger partial charge in [-0.15, -0.1) is 0 Å². The van der Waals surface area contributed by atoms with E-state index in [9.17, 15) is 9.59 Å². The molecule has 1 aliphatic rings. The standard InChI is InChI=1S/C28H26N4O2S/c33-25(29-16-20-10-4-1-5-11-20)17-32-27(23-18-35-19-24(23)31-32)30-28(34)26(21-12-6-2-7-13-21)22-14-8-3-9-15-22/h1-15,26H,16-19H2,(H,29,33)(H,30,34). The number of rotatable bonds is 8. The topological polar surface area (TPSA) is 76.0 Å². The number of fused-ring (bicyclic) bond motifs is 1. The van der Waals surface area contributed by atoms with Crippen molar-refractivity contribution in [3.63, 3.8) is 0 Å². The van der Waals surface area contributed by atoms with Crippen LogP contribution in [0.4, 0.5) is 5.82 Å². The van der Waals surface area contributed by atoms with Crippen molar-refractivity contribution in [2.75, 3.05) is 5.32 Å². The van der Waals surface area contributed by atoms with Gasteiger partial charge in [-0.2, -0.15) is 16.9 Å². The fraction of sp³-hybridized carbons (Fsp3) is 0.179. The number of carbonyl (C=O) groups excluding carboxylic acids is 2.